The van der Waals surface area contributed by atoms with Gasteiger partial charge in [-0.05, 0) is 0 Å². The minimum absolute atomic E-state index is 0.144. The quantitative estimate of drug-likeness (QED) is 0.504. The zero-order valence-electron chi connectivity index (χ0n) is 11.5. The average Bonchev–Trinajstić information content (AvgIpc) is 3.07. The van der Waals surface area contributed by atoms with Crippen LogP contribution in [0.4, 0.5) is 0 Å². The topological polar surface area (TPSA) is 113 Å². The van der Waals surface area contributed by atoms with Crippen molar-refractivity contribution >= 4 is 11.2 Å². The molecule has 1 fully saturated rings. The Morgan fingerprint density at radius 1 is 1.64 bits per heavy atom. The first-order valence-corrected chi connectivity index (χ1v) is 6.55. The molecule has 4 atom stereocenters. The van der Waals surface area contributed by atoms with Crippen LogP contribution in [0.5, 0.6) is 0 Å². The van der Waals surface area contributed by atoms with Crippen LogP contribution in [0, 0.1) is 18.3 Å². The highest BCUT2D eigenvalue weighted by atomic mass is 16.6. The first kappa shape index (κ1) is 14.5. The van der Waals surface area contributed by atoms with Crippen LogP contribution >= 0.6 is 0 Å². The molecule has 1 unspecified atom stereocenters. The number of aliphatic hydroxyl groups excluding tert-OH is 2. The largest absolute Gasteiger partial charge is 0.392 e. The second-order valence-electron chi connectivity index (χ2n) is 5.01. The second kappa shape index (κ2) is 5.06. The fourth-order valence-corrected chi connectivity index (χ4v) is 2.66. The van der Waals surface area contributed by atoms with Crippen molar-refractivity contribution in [2.45, 2.75) is 17.9 Å². The lowest BCUT2D eigenvalue weighted by molar-refractivity contribution is -0.0895. The molecule has 0 aromatic carbocycles. The van der Waals surface area contributed by atoms with E-state index in [4.69, 9.17) is 11.2 Å². The van der Waals surface area contributed by atoms with Crippen molar-refractivity contribution in [3.63, 3.8) is 0 Å². The molecule has 3 rings (SSSR count). The number of ether oxygens (including phenoxy) is 1. The van der Waals surface area contributed by atoms with Gasteiger partial charge in [0.25, 0.3) is 5.56 Å². The van der Waals surface area contributed by atoms with Gasteiger partial charge in [0.1, 0.15) is 12.3 Å². The van der Waals surface area contributed by atoms with Gasteiger partial charge in [-0.3, -0.25) is 9.36 Å². The highest BCUT2D eigenvalue weighted by Crippen LogP contribution is 2.42. The standard InChI is InChI=1S/C14H14N4O4/c1-3-8-10(20)14(4-2,5-19)22-13(8)18-7-17-9-11(18)15-6-16-12(9)21/h2-3,6-8,10,13,19-20H,1,5H2,(H,15,16,21)/t8?,10-,13+,14+/m0/s1. The predicted molar refractivity (Wildman–Crippen MR) is 76.6 cm³/mol. The van der Waals surface area contributed by atoms with E-state index in [-0.39, 0.29) is 11.1 Å². The highest BCUT2D eigenvalue weighted by Gasteiger charge is 2.53. The van der Waals surface area contributed by atoms with Gasteiger partial charge in [0.05, 0.1) is 25.2 Å². The minimum Gasteiger partial charge on any atom is -0.392 e. The monoisotopic (exact) mass is 302 g/mol. The van der Waals surface area contributed by atoms with E-state index in [0.717, 1.165) is 0 Å². The molecule has 1 aliphatic heterocycles. The third-order valence-electron chi connectivity index (χ3n) is 3.89. The van der Waals surface area contributed by atoms with Gasteiger partial charge in [0.15, 0.2) is 16.8 Å². The first-order chi connectivity index (χ1) is 10.6. The number of imidazole rings is 1. The number of H-pyrrole nitrogens is 1. The Bertz CT molecular complexity index is 820. The lowest BCUT2D eigenvalue weighted by Crippen LogP contribution is -2.43. The summed E-state index contributed by atoms with van der Waals surface area (Å²) >= 11 is 0. The maximum Gasteiger partial charge on any atom is 0.278 e. The maximum atomic E-state index is 11.7. The minimum atomic E-state index is -1.54. The number of hydrogen-bond acceptors (Lipinski definition) is 6. The van der Waals surface area contributed by atoms with Gasteiger partial charge in [-0.15, -0.1) is 13.0 Å². The molecule has 0 spiro atoms. The lowest BCUT2D eigenvalue weighted by atomic mass is 9.91. The van der Waals surface area contributed by atoms with Crippen LogP contribution in [-0.2, 0) is 4.74 Å². The van der Waals surface area contributed by atoms with Crippen LogP contribution in [0.25, 0.3) is 11.2 Å². The van der Waals surface area contributed by atoms with Crippen molar-refractivity contribution in [2.75, 3.05) is 6.61 Å². The number of fused-ring (bicyclic) bond motifs is 1. The Morgan fingerprint density at radius 3 is 3.05 bits per heavy atom. The molecule has 8 nitrogen and oxygen atoms in total. The van der Waals surface area contributed by atoms with Gasteiger partial charge in [-0.1, -0.05) is 12.0 Å². The van der Waals surface area contributed by atoms with E-state index in [1.807, 2.05) is 0 Å². The van der Waals surface area contributed by atoms with Crippen LogP contribution in [0.3, 0.4) is 0 Å². The number of rotatable bonds is 3. The molecule has 1 aliphatic rings. The molecule has 0 radical (unpaired) electrons. The van der Waals surface area contributed by atoms with E-state index < -0.39 is 30.5 Å². The number of terminal acetylenes is 1. The molecular formula is C14H14N4O4. The fourth-order valence-electron chi connectivity index (χ4n) is 2.66. The molecule has 3 heterocycles. The van der Waals surface area contributed by atoms with Crippen LogP contribution in [-0.4, -0.2) is 48.0 Å². The Balaban J connectivity index is 2.14. The average molecular weight is 302 g/mol. The summed E-state index contributed by atoms with van der Waals surface area (Å²) in [6.07, 6.45) is 7.60. The zero-order chi connectivity index (χ0) is 15.9. The van der Waals surface area contributed by atoms with Crippen molar-refractivity contribution in [3.8, 4) is 12.3 Å². The lowest BCUT2D eigenvalue weighted by Gasteiger charge is -2.23. The number of hydrogen-bond donors (Lipinski definition) is 3. The third-order valence-corrected chi connectivity index (χ3v) is 3.89. The van der Waals surface area contributed by atoms with Gasteiger partial charge >= 0.3 is 0 Å². The Morgan fingerprint density at radius 2 is 2.41 bits per heavy atom. The van der Waals surface area contributed by atoms with E-state index >= 15 is 0 Å². The smallest absolute Gasteiger partial charge is 0.278 e. The first-order valence-electron chi connectivity index (χ1n) is 6.55. The number of aromatic amines is 1. The zero-order valence-corrected chi connectivity index (χ0v) is 11.5. The van der Waals surface area contributed by atoms with Crippen molar-refractivity contribution in [2.24, 2.45) is 5.92 Å². The Kier molecular flexibility index (Phi) is 3.33. The van der Waals surface area contributed by atoms with Gasteiger partial charge in [0.2, 0.25) is 0 Å². The van der Waals surface area contributed by atoms with E-state index in [2.05, 4.69) is 27.5 Å². The van der Waals surface area contributed by atoms with E-state index in [1.54, 1.807) is 0 Å². The summed E-state index contributed by atoms with van der Waals surface area (Å²) in [4.78, 5) is 22.2. The molecule has 0 bridgehead atoms. The molecule has 0 amide bonds. The molecule has 0 aliphatic carbocycles. The summed E-state index contributed by atoms with van der Waals surface area (Å²) in [5.74, 6) is 1.70. The molecule has 0 saturated carbocycles. The highest BCUT2D eigenvalue weighted by molar-refractivity contribution is 5.68. The third kappa shape index (κ3) is 1.80. The molecule has 8 heteroatoms. The van der Waals surface area contributed by atoms with Crippen LogP contribution in [0.15, 0.2) is 30.1 Å². The van der Waals surface area contributed by atoms with E-state index in [9.17, 15) is 15.0 Å². The molecule has 1 saturated heterocycles. The number of nitrogens with one attached hydrogen (secondary N) is 1. The van der Waals surface area contributed by atoms with Gasteiger partial charge in [-0.2, -0.15) is 0 Å². The fraction of sp³-hybridized carbons (Fsp3) is 0.357. The molecule has 3 N–H and O–H groups in total. The van der Waals surface area contributed by atoms with E-state index in [0.29, 0.717) is 5.65 Å². The SMILES string of the molecule is C#C[C@]1(CO)O[C@@H](n2cnc3c(=O)[nH]cnc32)C(C=C)[C@@H]1O. The summed E-state index contributed by atoms with van der Waals surface area (Å²) in [6, 6.07) is 0. The van der Waals surface area contributed by atoms with Gasteiger partial charge < -0.3 is 19.9 Å². The molecule has 2 aromatic heterocycles. The number of aromatic nitrogens is 4. The van der Waals surface area contributed by atoms with E-state index in [1.165, 1.54) is 23.3 Å². The van der Waals surface area contributed by atoms with Crippen molar-refractivity contribution < 1.29 is 14.9 Å². The summed E-state index contributed by atoms with van der Waals surface area (Å²) in [6.45, 7) is 3.12. The summed E-state index contributed by atoms with van der Waals surface area (Å²) < 4.78 is 7.21. The van der Waals surface area contributed by atoms with Gasteiger partial charge in [0, 0.05) is 0 Å². The summed E-state index contributed by atoms with van der Waals surface area (Å²) in [5.41, 5.74) is -1.49. The van der Waals surface area contributed by atoms with Gasteiger partial charge in [-0.25, -0.2) is 9.97 Å². The van der Waals surface area contributed by atoms with Crippen molar-refractivity contribution in [3.05, 3.63) is 35.7 Å². The molecule has 2 aromatic rings. The predicted octanol–water partition coefficient (Wildman–Crippen LogP) is -0.824. The van der Waals surface area contributed by atoms with Crippen molar-refractivity contribution in [1.82, 2.24) is 19.5 Å². The van der Waals surface area contributed by atoms with Crippen LogP contribution < -0.4 is 5.56 Å². The Hall–Kier alpha value is -2.47. The van der Waals surface area contributed by atoms with Crippen LogP contribution in [0.1, 0.15) is 6.23 Å². The maximum absolute atomic E-state index is 11.7. The molecule has 22 heavy (non-hydrogen) atoms. The Labute approximate surface area is 125 Å². The molecular weight excluding hydrogens is 288 g/mol. The second-order valence-corrected chi connectivity index (χ2v) is 5.01. The number of nitrogens with zero attached hydrogens (tertiary/aromatic N) is 3. The molecule has 114 valence electrons. The number of aliphatic hydroxyl groups is 2. The summed E-state index contributed by atoms with van der Waals surface area (Å²) in [7, 11) is 0. The summed E-state index contributed by atoms with van der Waals surface area (Å²) in [5, 5.41) is 19.9. The normalized spacial score (nSPS) is 31.2. The van der Waals surface area contributed by atoms with Crippen molar-refractivity contribution in [1.29, 1.82) is 0 Å². The van der Waals surface area contributed by atoms with Crippen LogP contribution in [0.2, 0.25) is 0 Å².